The maximum atomic E-state index is 11.2. The number of ketones is 1. The zero-order chi connectivity index (χ0) is 20.2. The number of carbonyl (C=O) groups excluding carboxylic acids is 1. The molecule has 142 valence electrons. The third-order valence-corrected chi connectivity index (χ3v) is 4.65. The number of nitrogens with one attached hydrogen (secondary N) is 1. The summed E-state index contributed by atoms with van der Waals surface area (Å²) in [5, 5.41) is 16.8. The van der Waals surface area contributed by atoms with Gasteiger partial charge in [0, 0.05) is 18.2 Å². The van der Waals surface area contributed by atoms with Crippen LogP contribution in [0.5, 0.6) is 0 Å². The molecule has 2 aromatic carbocycles. The number of Topliss-reactive ketones (excluding diaryl/α,β-unsaturated/α-hetero) is 1. The van der Waals surface area contributed by atoms with Crippen LogP contribution in [0, 0.1) is 11.3 Å². The molecule has 0 aliphatic rings. The van der Waals surface area contributed by atoms with Gasteiger partial charge in [-0.25, -0.2) is 4.52 Å². The molecule has 0 spiro atoms. The molecular weight excluding hydrogens is 362 g/mol. The first-order chi connectivity index (χ1) is 14.1. The van der Waals surface area contributed by atoms with Crippen LogP contribution in [0.15, 0.2) is 66.9 Å². The van der Waals surface area contributed by atoms with Gasteiger partial charge in [0.25, 0.3) is 0 Å². The molecule has 0 fully saturated rings. The van der Waals surface area contributed by atoms with Crippen LogP contribution in [-0.2, 0) is 11.2 Å². The average molecular weight is 381 g/mol. The lowest BCUT2D eigenvalue weighted by molar-refractivity contribution is -0.116. The molecule has 0 amide bonds. The van der Waals surface area contributed by atoms with E-state index in [1.807, 2.05) is 54.7 Å². The van der Waals surface area contributed by atoms with Crippen LogP contribution < -0.4 is 5.32 Å². The Morgan fingerprint density at radius 1 is 1.10 bits per heavy atom. The Kier molecular flexibility index (Phi) is 5.04. The molecule has 0 radical (unpaired) electrons. The number of fused-ring (bicyclic) bond motifs is 1. The minimum atomic E-state index is 0.192. The van der Waals surface area contributed by atoms with Crippen molar-refractivity contribution >= 4 is 23.1 Å². The second-order valence-corrected chi connectivity index (χ2v) is 6.84. The van der Waals surface area contributed by atoms with E-state index >= 15 is 0 Å². The van der Waals surface area contributed by atoms with Gasteiger partial charge in [0.05, 0.1) is 11.3 Å². The molecule has 29 heavy (non-hydrogen) atoms. The fraction of sp³-hybridized carbons (Fsp3) is 0.130. The molecule has 2 aromatic heterocycles. The number of para-hydroxylation sites is 1. The minimum absolute atomic E-state index is 0.192. The summed E-state index contributed by atoms with van der Waals surface area (Å²) in [6, 6.07) is 21.5. The van der Waals surface area contributed by atoms with Gasteiger partial charge in [-0.1, -0.05) is 36.4 Å². The van der Waals surface area contributed by atoms with Crippen LogP contribution in [0.4, 0.5) is 11.6 Å². The molecular formula is C23H19N5O. The zero-order valence-corrected chi connectivity index (χ0v) is 16.0. The second-order valence-electron chi connectivity index (χ2n) is 6.84. The largest absolute Gasteiger partial charge is 0.322 e. The lowest BCUT2D eigenvalue weighted by atomic mass is 10.0. The highest BCUT2D eigenvalue weighted by Crippen LogP contribution is 2.23. The van der Waals surface area contributed by atoms with E-state index in [0.29, 0.717) is 29.3 Å². The third-order valence-electron chi connectivity index (χ3n) is 4.65. The Hall–Kier alpha value is -3.98. The van der Waals surface area contributed by atoms with E-state index in [0.717, 1.165) is 23.1 Å². The van der Waals surface area contributed by atoms with Crippen LogP contribution in [0.3, 0.4) is 0 Å². The number of aromatic nitrogens is 3. The first-order valence-corrected chi connectivity index (χ1v) is 9.34. The Morgan fingerprint density at radius 2 is 1.97 bits per heavy atom. The van der Waals surface area contributed by atoms with E-state index in [1.165, 1.54) is 0 Å². The zero-order valence-electron chi connectivity index (χ0n) is 16.0. The van der Waals surface area contributed by atoms with Gasteiger partial charge in [-0.15, -0.1) is 5.10 Å². The molecule has 0 aliphatic carbocycles. The summed E-state index contributed by atoms with van der Waals surface area (Å²) < 4.78 is 1.72. The third kappa shape index (κ3) is 4.14. The molecule has 4 rings (SSSR count). The average Bonchev–Trinajstić information content (AvgIpc) is 3.14. The molecule has 0 saturated carbocycles. The highest BCUT2D eigenvalue weighted by Gasteiger charge is 2.08. The van der Waals surface area contributed by atoms with Crippen molar-refractivity contribution in [3.8, 4) is 17.2 Å². The highest BCUT2D eigenvalue weighted by molar-refractivity contribution is 5.76. The van der Waals surface area contributed by atoms with Crippen LogP contribution >= 0.6 is 0 Å². The fourth-order valence-electron chi connectivity index (χ4n) is 3.14. The quantitative estimate of drug-likeness (QED) is 0.530. The number of nitriles is 1. The van der Waals surface area contributed by atoms with Crippen molar-refractivity contribution in [2.24, 2.45) is 0 Å². The Balaban J connectivity index is 1.61. The molecule has 0 bridgehead atoms. The van der Waals surface area contributed by atoms with E-state index in [2.05, 4.69) is 27.5 Å². The number of hydrogen-bond donors (Lipinski definition) is 1. The van der Waals surface area contributed by atoms with Gasteiger partial charge < -0.3 is 10.1 Å². The molecule has 2 heterocycles. The van der Waals surface area contributed by atoms with E-state index < -0.39 is 0 Å². The molecule has 0 atom stereocenters. The summed E-state index contributed by atoms with van der Waals surface area (Å²) in [5.74, 6) is 0.623. The van der Waals surface area contributed by atoms with Gasteiger partial charge in [0.15, 0.2) is 5.65 Å². The number of pyridine rings is 1. The van der Waals surface area contributed by atoms with Gasteiger partial charge in [0.2, 0.25) is 5.95 Å². The Labute approximate surface area is 168 Å². The van der Waals surface area contributed by atoms with E-state index in [1.54, 1.807) is 17.5 Å². The lowest BCUT2D eigenvalue weighted by Crippen LogP contribution is -1.96. The second kappa shape index (κ2) is 7.95. The summed E-state index contributed by atoms with van der Waals surface area (Å²) in [4.78, 5) is 15.7. The monoisotopic (exact) mass is 381 g/mol. The number of carbonyl (C=O) groups is 1. The Morgan fingerprint density at radius 3 is 2.79 bits per heavy atom. The van der Waals surface area contributed by atoms with Crippen molar-refractivity contribution in [1.82, 2.24) is 14.6 Å². The van der Waals surface area contributed by atoms with Gasteiger partial charge in [-0.05, 0) is 48.7 Å². The minimum Gasteiger partial charge on any atom is -0.322 e. The SMILES string of the molecule is CC(=O)CCc1cccc(-c2ccc3nc(Nc4ccccc4C#N)nn3c2)c1. The van der Waals surface area contributed by atoms with Gasteiger partial charge in [-0.3, -0.25) is 0 Å². The summed E-state index contributed by atoms with van der Waals surface area (Å²) in [6.07, 6.45) is 3.21. The number of hydrogen-bond acceptors (Lipinski definition) is 5. The molecule has 1 N–H and O–H groups in total. The fourth-order valence-corrected chi connectivity index (χ4v) is 3.14. The van der Waals surface area contributed by atoms with Gasteiger partial charge >= 0.3 is 0 Å². The van der Waals surface area contributed by atoms with E-state index in [4.69, 9.17) is 0 Å². The van der Waals surface area contributed by atoms with Crippen LogP contribution in [-0.4, -0.2) is 20.4 Å². The van der Waals surface area contributed by atoms with Crippen molar-refractivity contribution in [2.45, 2.75) is 19.8 Å². The number of benzene rings is 2. The van der Waals surface area contributed by atoms with Crippen LogP contribution in [0.2, 0.25) is 0 Å². The van der Waals surface area contributed by atoms with E-state index in [-0.39, 0.29) is 5.78 Å². The first-order valence-electron chi connectivity index (χ1n) is 9.34. The van der Waals surface area contributed by atoms with Gasteiger partial charge in [-0.2, -0.15) is 10.2 Å². The molecule has 0 unspecified atom stereocenters. The molecule has 0 aliphatic heterocycles. The number of rotatable bonds is 6. The van der Waals surface area contributed by atoms with Crippen molar-refractivity contribution < 1.29 is 4.79 Å². The van der Waals surface area contributed by atoms with Crippen LogP contribution in [0.25, 0.3) is 16.8 Å². The summed E-state index contributed by atoms with van der Waals surface area (Å²) in [6.45, 7) is 1.61. The van der Waals surface area contributed by atoms with Crippen molar-refractivity contribution in [2.75, 3.05) is 5.32 Å². The maximum Gasteiger partial charge on any atom is 0.247 e. The van der Waals surface area contributed by atoms with E-state index in [9.17, 15) is 10.1 Å². The normalized spacial score (nSPS) is 10.6. The molecule has 4 aromatic rings. The smallest absolute Gasteiger partial charge is 0.247 e. The van der Waals surface area contributed by atoms with Gasteiger partial charge in [0.1, 0.15) is 11.9 Å². The van der Waals surface area contributed by atoms with Crippen molar-refractivity contribution in [1.29, 1.82) is 5.26 Å². The van der Waals surface area contributed by atoms with Crippen molar-refractivity contribution in [3.05, 3.63) is 78.0 Å². The summed E-state index contributed by atoms with van der Waals surface area (Å²) in [5.41, 5.74) is 5.12. The Bertz CT molecular complexity index is 1240. The standard InChI is InChI=1S/C23H19N5O/c1-16(29)9-10-17-5-4-7-18(13-17)20-11-12-22-26-23(27-28(22)15-20)25-21-8-3-2-6-19(21)14-24/h2-8,11-13,15H,9-10H2,1H3,(H,25,27). The number of nitrogens with zero attached hydrogens (tertiary/aromatic N) is 4. The predicted octanol–water partition coefficient (Wildman–Crippen LogP) is 4.53. The lowest BCUT2D eigenvalue weighted by Gasteiger charge is -2.05. The predicted molar refractivity (Wildman–Crippen MR) is 112 cm³/mol. The van der Waals surface area contributed by atoms with Crippen LogP contribution in [0.1, 0.15) is 24.5 Å². The molecule has 0 saturated heterocycles. The topological polar surface area (TPSA) is 83.1 Å². The maximum absolute atomic E-state index is 11.2. The number of anilines is 2. The van der Waals surface area contributed by atoms with Crippen molar-refractivity contribution in [3.63, 3.8) is 0 Å². The highest BCUT2D eigenvalue weighted by atomic mass is 16.1. The number of aryl methyl sites for hydroxylation is 1. The molecule has 6 heteroatoms. The summed E-state index contributed by atoms with van der Waals surface area (Å²) in [7, 11) is 0. The first kappa shape index (κ1) is 18.4. The molecule has 6 nitrogen and oxygen atoms in total. The summed E-state index contributed by atoms with van der Waals surface area (Å²) >= 11 is 0.